The Hall–Kier alpha value is -1.48. The SMILES string of the molecule is Cc1ccc(S(=O)(=O)N2CCCC[C@@H]2C(=O)N2CCN(C[C@H]3CCCO3)CC2)cc1. The number of ether oxygens (including phenoxy) is 1. The molecule has 0 radical (unpaired) electrons. The number of aryl methyl sites for hydroxylation is 1. The van der Waals surface area contributed by atoms with Gasteiger partial charge in [0.15, 0.2) is 0 Å². The number of carbonyl (C=O) groups is 1. The molecule has 4 rings (SSSR count). The van der Waals surface area contributed by atoms with Crippen molar-refractivity contribution in [3.8, 4) is 0 Å². The van der Waals surface area contributed by atoms with Gasteiger partial charge in [0.05, 0.1) is 11.0 Å². The second-order valence-corrected chi connectivity index (χ2v) is 10.6. The first kappa shape index (κ1) is 21.7. The van der Waals surface area contributed by atoms with Gasteiger partial charge in [0.2, 0.25) is 15.9 Å². The van der Waals surface area contributed by atoms with Crippen LogP contribution in [-0.4, -0.2) is 86.5 Å². The van der Waals surface area contributed by atoms with Crippen LogP contribution < -0.4 is 0 Å². The van der Waals surface area contributed by atoms with Gasteiger partial charge in [0, 0.05) is 45.9 Å². The van der Waals surface area contributed by atoms with E-state index in [0.717, 1.165) is 57.5 Å². The van der Waals surface area contributed by atoms with Crippen LogP contribution in [0.15, 0.2) is 29.2 Å². The Kier molecular flexibility index (Phi) is 6.77. The first-order chi connectivity index (χ1) is 14.4. The number of benzene rings is 1. The van der Waals surface area contributed by atoms with Crippen LogP contribution in [0.5, 0.6) is 0 Å². The van der Waals surface area contributed by atoms with E-state index in [1.54, 1.807) is 24.3 Å². The first-order valence-corrected chi connectivity index (χ1v) is 12.6. The van der Waals surface area contributed by atoms with E-state index in [9.17, 15) is 13.2 Å². The molecule has 0 aliphatic carbocycles. The Morgan fingerprint density at radius 2 is 1.73 bits per heavy atom. The fraction of sp³-hybridized carbons (Fsp3) is 0.682. The van der Waals surface area contributed by atoms with Gasteiger partial charge in [0.1, 0.15) is 6.04 Å². The molecule has 1 aromatic rings. The molecule has 1 amide bonds. The number of carbonyl (C=O) groups excluding carboxylic acids is 1. The highest BCUT2D eigenvalue weighted by molar-refractivity contribution is 7.89. The van der Waals surface area contributed by atoms with Crippen LogP contribution in [0.25, 0.3) is 0 Å². The van der Waals surface area contributed by atoms with Crippen LogP contribution >= 0.6 is 0 Å². The van der Waals surface area contributed by atoms with E-state index in [1.807, 2.05) is 11.8 Å². The zero-order valence-electron chi connectivity index (χ0n) is 17.8. The van der Waals surface area contributed by atoms with Gasteiger partial charge in [-0.25, -0.2) is 8.42 Å². The van der Waals surface area contributed by atoms with E-state index in [-0.39, 0.29) is 10.8 Å². The Labute approximate surface area is 180 Å². The van der Waals surface area contributed by atoms with E-state index >= 15 is 0 Å². The molecule has 0 aromatic heterocycles. The summed E-state index contributed by atoms with van der Waals surface area (Å²) in [7, 11) is -3.68. The summed E-state index contributed by atoms with van der Waals surface area (Å²) in [4.78, 5) is 17.8. The van der Waals surface area contributed by atoms with Crippen LogP contribution in [0.1, 0.15) is 37.7 Å². The summed E-state index contributed by atoms with van der Waals surface area (Å²) in [6.45, 7) is 7.08. The second kappa shape index (κ2) is 9.34. The molecule has 0 bridgehead atoms. The van der Waals surface area contributed by atoms with E-state index in [1.165, 1.54) is 4.31 Å². The number of hydrogen-bond donors (Lipinski definition) is 0. The van der Waals surface area contributed by atoms with Gasteiger partial charge < -0.3 is 9.64 Å². The molecule has 7 nitrogen and oxygen atoms in total. The summed E-state index contributed by atoms with van der Waals surface area (Å²) >= 11 is 0. The maximum absolute atomic E-state index is 13.3. The molecular weight excluding hydrogens is 402 g/mol. The second-order valence-electron chi connectivity index (χ2n) is 8.70. The molecule has 166 valence electrons. The minimum absolute atomic E-state index is 0.0397. The fourth-order valence-electron chi connectivity index (χ4n) is 4.72. The lowest BCUT2D eigenvalue weighted by molar-refractivity contribution is -0.138. The van der Waals surface area contributed by atoms with Crippen molar-refractivity contribution in [3.63, 3.8) is 0 Å². The fourth-order valence-corrected chi connectivity index (χ4v) is 6.37. The van der Waals surface area contributed by atoms with Crippen molar-refractivity contribution in [1.29, 1.82) is 0 Å². The largest absolute Gasteiger partial charge is 0.377 e. The number of sulfonamides is 1. The average Bonchev–Trinajstić information content (AvgIpc) is 3.27. The van der Waals surface area contributed by atoms with Crippen LogP contribution in [0, 0.1) is 6.92 Å². The van der Waals surface area contributed by atoms with Crippen molar-refractivity contribution in [2.24, 2.45) is 0 Å². The van der Waals surface area contributed by atoms with Gasteiger partial charge in [0.25, 0.3) is 0 Å². The predicted molar refractivity (Wildman–Crippen MR) is 115 cm³/mol. The molecule has 30 heavy (non-hydrogen) atoms. The Balaban J connectivity index is 1.41. The molecule has 0 saturated carbocycles. The molecule has 3 saturated heterocycles. The highest BCUT2D eigenvalue weighted by Gasteiger charge is 2.40. The minimum Gasteiger partial charge on any atom is -0.377 e. The molecule has 3 heterocycles. The lowest BCUT2D eigenvalue weighted by atomic mass is 10.0. The maximum Gasteiger partial charge on any atom is 0.243 e. The molecular formula is C22H33N3O4S. The molecule has 8 heteroatoms. The summed E-state index contributed by atoms with van der Waals surface area (Å²) in [5.74, 6) is -0.0397. The number of nitrogens with zero attached hydrogens (tertiary/aromatic N) is 3. The molecule has 3 aliphatic heterocycles. The van der Waals surface area contributed by atoms with E-state index in [4.69, 9.17) is 4.74 Å². The minimum atomic E-state index is -3.68. The number of amides is 1. The van der Waals surface area contributed by atoms with Gasteiger partial charge in [-0.15, -0.1) is 0 Å². The van der Waals surface area contributed by atoms with Gasteiger partial charge in [-0.2, -0.15) is 4.31 Å². The first-order valence-electron chi connectivity index (χ1n) is 11.2. The topological polar surface area (TPSA) is 70.2 Å². The molecule has 3 fully saturated rings. The van der Waals surface area contributed by atoms with Crippen LogP contribution in [0.4, 0.5) is 0 Å². The number of piperidine rings is 1. The number of piperazine rings is 1. The van der Waals surface area contributed by atoms with Crippen molar-refractivity contribution < 1.29 is 17.9 Å². The molecule has 0 unspecified atom stereocenters. The number of hydrogen-bond acceptors (Lipinski definition) is 5. The predicted octanol–water partition coefficient (Wildman–Crippen LogP) is 1.86. The summed E-state index contributed by atoms with van der Waals surface area (Å²) in [5.41, 5.74) is 1.01. The summed E-state index contributed by atoms with van der Waals surface area (Å²) < 4.78 is 33.7. The Morgan fingerprint density at radius 1 is 1.00 bits per heavy atom. The van der Waals surface area contributed by atoms with Crippen molar-refractivity contribution in [1.82, 2.24) is 14.1 Å². The van der Waals surface area contributed by atoms with E-state index in [2.05, 4.69) is 4.90 Å². The van der Waals surface area contributed by atoms with Crippen molar-refractivity contribution in [3.05, 3.63) is 29.8 Å². The van der Waals surface area contributed by atoms with Gasteiger partial charge >= 0.3 is 0 Å². The lowest BCUT2D eigenvalue weighted by Crippen LogP contribution is -2.57. The van der Waals surface area contributed by atoms with Gasteiger partial charge in [-0.1, -0.05) is 24.1 Å². The summed E-state index contributed by atoms with van der Waals surface area (Å²) in [6, 6.07) is 6.31. The maximum atomic E-state index is 13.3. The molecule has 0 spiro atoms. The number of rotatable bonds is 5. The normalized spacial score (nSPS) is 26.8. The van der Waals surface area contributed by atoms with Crippen LogP contribution in [-0.2, 0) is 19.6 Å². The average molecular weight is 436 g/mol. The van der Waals surface area contributed by atoms with Gasteiger partial charge in [-0.05, 0) is 44.7 Å². The zero-order chi connectivity index (χ0) is 21.1. The molecule has 2 atom stereocenters. The van der Waals surface area contributed by atoms with Crippen molar-refractivity contribution in [2.45, 2.75) is 56.1 Å². The summed E-state index contributed by atoms with van der Waals surface area (Å²) in [6.07, 6.45) is 4.85. The highest BCUT2D eigenvalue weighted by Crippen LogP contribution is 2.27. The third-order valence-electron chi connectivity index (χ3n) is 6.54. The Morgan fingerprint density at radius 3 is 2.40 bits per heavy atom. The summed E-state index contributed by atoms with van der Waals surface area (Å²) in [5, 5.41) is 0. The Bertz CT molecular complexity index is 828. The third kappa shape index (κ3) is 4.72. The molecule has 1 aromatic carbocycles. The van der Waals surface area contributed by atoms with E-state index < -0.39 is 16.1 Å². The highest BCUT2D eigenvalue weighted by atomic mass is 32.2. The van der Waals surface area contributed by atoms with Gasteiger partial charge in [-0.3, -0.25) is 9.69 Å². The zero-order valence-corrected chi connectivity index (χ0v) is 18.6. The molecule has 3 aliphatic rings. The van der Waals surface area contributed by atoms with E-state index in [0.29, 0.717) is 32.2 Å². The quantitative estimate of drug-likeness (QED) is 0.706. The molecule has 0 N–H and O–H groups in total. The smallest absolute Gasteiger partial charge is 0.243 e. The third-order valence-corrected chi connectivity index (χ3v) is 8.46. The van der Waals surface area contributed by atoms with Crippen LogP contribution in [0.3, 0.4) is 0 Å². The van der Waals surface area contributed by atoms with Crippen molar-refractivity contribution in [2.75, 3.05) is 45.9 Å². The van der Waals surface area contributed by atoms with Crippen molar-refractivity contribution >= 4 is 15.9 Å². The lowest BCUT2D eigenvalue weighted by Gasteiger charge is -2.40. The monoisotopic (exact) mass is 435 g/mol. The van der Waals surface area contributed by atoms with Crippen LogP contribution in [0.2, 0.25) is 0 Å². The standard InChI is InChI=1S/C22H33N3O4S/c1-18-7-9-20(10-8-18)30(27,28)25-11-3-2-6-21(25)22(26)24-14-12-23(13-15-24)17-19-5-4-16-29-19/h7-10,19,21H,2-6,11-17H2,1H3/t19-,21-/m1/s1.